The van der Waals surface area contributed by atoms with Crippen molar-refractivity contribution in [1.29, 1.82) is 0 Å². The van der Waals surface area contributed by atoms with Crippen LogP contribution in [0.15, 0.2) is 22.7 Å². The van der Waals surface area contributed by atoms with Crippen molar-refractivity contribution in [3.8, 4) is 0 Å². The van der Waals surface area contributed by atoms with Crippen LogP contribution in [0.25, 0.3) is 0 Å². The highest BCUT2D eigenvalue weighted by Gasteiger charge is 2.07. The number of likely N-dealkylation sites (N-methyl/N-ethyl adjacent to an activating group) is 2. The topological polar surface area (TPSA) is 15.3 Å². The molecule has 0 bridgehead atoms. The van der Waals surface area contributed by atoms with Gasteiger partial charge in [0.2, 0.25) is 0 Å². The first-order valence-electron chi connectivity index (χ1n) is 5.47. The third kappa shape index (κ3) is 4.20. The molecule has 0 aliphatic heterocycles. The Kier molecular flexibility index (Phi) is 5.95. The summed E-state index contributed by atoms with van der Waals surface area (Å²) in [5, 5.41) is 3.25. The van der Waals surface area contributed by atoms with E-state index in [1.165, 1.54) is 0 Å². The molecule has 0 aliphatic carbocycles. The molecule has 0 amide bonds. The van der Waals surface area contributed by atoms with E-state index in [-0.39, 0.29) is 5.82 Å². The zero-order valence-corrected chi connectivity index (χ0v) is 11.3. The van der Waals surface area contributed by atoms with Gasteiger partial charge in [-0.2, -0.15) is 0 Å². The van der Waals surface area contributed by atoms with Gasteiger partial charge in [0, 0.05) is 25.2 Å². The fourth-order valence-corrected chi connectivity index (χ4v) is 1.89. The third-order valence-corrected chi connectivity index (χ3v) is 3.00. The number of nitrogens with zero attached hydrogens (tertiary/aromatic N) is 1. The number of rotatable bonds is 6. The molecule has 1 aromatic rings. The Morgan fingerprint density at radius 3 is 2.88 bits per heavy atom. The molecule has 90 valence electrons. The molecule has 1 aromatic carbocycles. The maximum absolute atomic E-state index is 13.7. The lowest BCUT2D eigenvalue weighted by atomic mass is 10.2. The lowest BCUT2D eigenvalue weighted by Gasteiger charge is -2.17. The molecule has 0 unspecified atom stereocenters. The van der Waals surface area contributed by atoms with Gasteiger partial charge < -0.3 is 10.2 Å². The van der Waals surface area contributed by atoms with Gasteiger partial charge in [-0.05, 0) is 35.6 Å². The standard InChI is InChI=1S/C12H18BrFN2/c1-3-15-7-8-16(2)9-10-5-4-6-11(13)12(10)14/h4-6,15H,3,7-9H2,1-2H3. The average molecular weight is 289 g/mol. The SMILES string of the molecule is CCNCCN(C)Cc1cccc(Br)c1F. The summed E-state index contributed by atoms with van der Waals surface area (Å²) in [4.78, 5) is 2.10. The van der Waals surface area contributed by atoms with Gasteiger partial charge in [-0.25, -0.2) is 4.39 Å². The minimum absolute atomic E-state index is 0.155. The minimum Gasteiger partial charge on any atom is -0.316 e. The second-order valence-corrected chi connectivity index (χ2v) is 4.66. The van der Waals surface area contributed by atoms with Gasteiger partial charge in [0.25, 0.3) is 0 Å². The van der Waals surface area contributed by atoms with Gasteiger partial charge in [-0.15, -0.1) is 0 Å². The van der Waals surface area contributed by atoms with Crippen LogP contribution in [-0.4, -0.2) is 31.6 Å². The first-order chi connectivity index (χ1) is 7.65. The van der Waals surface area contributed by atoms with Gasteiger partial charge in [0.05, 0.1) is 4.47 Å². The number of benzene rings is 1. The highest BCUT2D eigenvalue weighted by Crippen LogP contribution is 2.19. The molecule has 0 atom stereocenters. The molecule has 0 saturated heterocycles. The Hall–Kier alpha value is -0.450. The van der Waals surface area contributed by atoms with Crippen molar-refractivity contribution in [2.45, 2.75) is 13.5 Å². The zero-order valence-electron chi connectivity index (χ0n) is 9.76. The van der Waals surface area contributed by atoms with Crippen LogP contribution in [0.5, 0.6) is 0 Å². The predicted octanol–water partition coefficient (Wildman–Crippen LogP) is 2.63. The summed E-state index contributed by atoms with van der Waals surface area (Å²) in [6.07, 6.45) is 0. The molecule has 1 rings (SSSR count). The molecule has 1 N–H and O–H groups in total. The fraction of sp³-hybridized carbons (Fsp3) is 0.500. The van der Waals surface area contributed by atoms with Gasteiger partial charge >= 0.3 is 0 Å². The normalized spacial score (nSPS) is 11.1. The van der Waals surface area contributed by atoms with Gasteiger partial charge in [0.1, 0.15) is 5.82 Å². The molecular weight excluding hydrogens is 271 g/mol. The average Bonchev–Trinajstić information content (AvgIpc) is 2.25. The van der Waals surface area contributed by atoms with Crippen LogP contribution in [-0.2, 0) is 6.54 Å². The monoisotopic (exact) mass is 288 g/mol. The molecule has 0 heterocycles. The van der Waals surface area contributed by atoms with Crippen molar-refractivity contribution < 1.29 is 4.39 Å². The molecule has 0 aromatic heterocycles. The lowest BCUT2D eigenvalue weighted by Crippen LogP contribution is -2.29. The van der Waals surface area contributed by atoms with E-state index in [4.69, 9.17) is 0 Å². The molecule has 2 nitrogen and oxygen atoms in total. The van der Waals surface area contributed by atoms with Crippen LogP contribution in [0.4, 0.5) is 4.39 Å². The largest absolute Gasteiger partial charge is 0.316 e. The molecule has 0 fully saturated rings. The number of hydrogen-bond acceptors (Lipinski definition) is 2. The molecule has 0 aliphatic rings. The predicted molar refractivity (Wildman–Crippen MR) is 69.0 cm³/mol. The Labute approximate surface area is 105 Å². The maximum Gasteiger partial charge on any atom is 0.141 e. The van der Waals surface area contributed by atoms with Gasteiger partial charge in [-0.3, -0.25) is 0 Å². The van der Waals surface area contributed by atoms with E-state index in [0.717, 1.165) is 25.2 Å². The van der Waals surface area contributed by atoms with E-state index < -0.39 is 0 Å². The van der Waals surface area contributed by atoms with Crippen molar-refractivity contribution in [3.63, 3.8) is 0 Å². The highest BCUT2D eigenvalue weighted by molar-refractivity contribution is 9.10. The quantitative estimate of drug-likeness (QED) is 0.810. The first kappa shape index (κ1) is 13.6. The van der Waals surface area contributed by atoms with Crippen LogP contribution in [0.2, 0.25) is 0 Å². The summed E-state index contributed by atoms with van der Waals surface area (Å²) in [6.45, 7) is 5.53. The Bertz CT molecular complexity index is 331. The van der Waals surface area contributed by atoms with E-state index >= 15 is 0 Å². The second-order valence-electron chi connectivity index (χ2n) is 3.80. The van der Waals surface area contributed by atoms with Crippen molar-refractivity contribution in [2.75, 3.05) is 26.7 Å². The van der Waals surface area contributed by atoms with E-state index in [0.29, 0.717) is 11.0 Å². The molecular formula is C12H18BrFN2. The Balaban J connectivity index is 2.49. The van der Waals surface area contributed by atoms with E-state index in [9.17, 15) is 4.39 Å². The summed E-state index contributed by atoms with van der Waals surface area (Å²) < 4.78 is 14.2. The van der Waals surface area contributed by atoms with Crippen LogP contribution >= 0.6 is 15.9 Å². The first-order valence-corrected chi connectivity index (χ1v) is 6.26. The molecule has 0 saturated carbocycles. The van der Waals surface area contributed by atoms with Crippen molar-refractivity contribution in [1.82, 2.24) is 10.2 Å². The van der Waals surface area contributed by atoms with Gasteiger partial charge in [0.15, 0.2) is 0 Å². The van der Waals surface area contributed by atoms with Crippen LogP contribution < -0.4 is 5.32 Å². The fourth-order valence-electron chi connectivity index (χ4n) is 1.49. The van der Waals surface area contributed by atoms with Crippen LogP contribution in [0, 0.1) is 5.82 Å². The lowest BCUT2D eigenvalue weighted by molar-refractivity contribution is 0.320. The smallest absolute Gasteiger partial charge is 0.141 e. The van der Waals surface area contributed by atoms with E-state index in [2.05, 4.69) is 33.1 Å². The summed E-state index contributed by atoms with van der Waals surface area (Å²) in [6, 6.07) is 5.40. The molecule has 4 heteroatoms. The zero-order chi connectivity index (χ0) is 12.0. The molecule has 0 radical (unpaired) electrons. The number of halogens is 2. The number of hydrogen-bond donors (Lipinski definition) is 1. The third-order valence-electron chi connectivity index (χ3n) is 2.39. The van der Waals surface area contributed by atoms with E-state index in [1.54, 1.807) is 6.07 Å². The Morgan fingerprint density at radius 1 is 1.44 bits per heavy atom. The van der Waals surface area contributed by atoms with Crippen molar-refractivity contribution in [3.05, 3.63) is 34.1 Å². The van der Waals surface area contributed by atoms with Crippen molar-refractivity contribution >= 4 is 15.9 Å². The summed E-state index contributed by atoms with van der Waals surface area (Å²) in [5.74, 6) is -0.155. The van der Waals surface area contributed by atoms with Crippen LogP contribution in [0.3, 0.4) is 0 Å². The second kappa shape index (κ2) is 6.99. The van der Waals surface area contributed by atoms with E-state index in [1.807, 2.05) is 19.2 Å². The minimum atomic E-state index is -0.155. The van der Waals surface area contributed by atoms with Crippen LogP contribution in [0.1, 0.15) is 12.5 Å². The summed E-state index contributed by atoms with van der Waals surface area (Å²) >= 11 is 3.19. The van der Waals surface area contributed by atoms with Gasteiger partial charge in [-0.1, -0.05) is 19.1 Å². The Morgan fingerprint density at radius 2 is 2.19 bits per heavy atom. The molecule has 0 spiro atoms. The molecule has 16 heavy (non-hydrogen) atoms. The summed E-state index contributed by atoms with van der Waals surface area (Å²) in [7, 11) is 2.00. The highest BCUT2D eigenvalue weighted by atomic mass is 79.9. The number of nitrogens with one attached hydrogen (secondary N) is 1. The maximum atomic E-state index is 13.7. The summed E-state index contributed by atoms with van der Waals surface area (Å²) in [5.41, 5.74) is 0.730. The van der Waals surface area contributed by atoms with Crippen molar-refractivity contribution in [2.24, 2.45) is 0 Å².